The number of carbonyl (C=O) groups excluding carboxylic acids is 2. The van der Waals surface area contributed by atoms with Crippen molar-refractivity contribution in [2.24, 2.45) is 11.3 Å². The number of Topliss-reactive ketones (excluding diaryl/α,β-unsaturated/α-hetero) is 2. The van der Waals surface area contributed by atoms with Crippen molar-refractivity contribution >= 4 is 11.6 Å². The van der Waals surface area contributed by atoms with Gasteiger partial charge in [-0.25, -0.2) is 0 Å². The molecule has 2 heteroatoms. The Labute approximate surface area is 67.0 Å². The van der Waals surface area contributed by atoms with Crippen LogP contribution in [0.1, 0.15) is 33.6 Å². The van der Waals surface area contributed by atoms with Crippen molar-refractivity contribution in [2.45, 2.75) is 33.6 Å². The van der Waals surface area contributed by atoms with Crippen LogP contribution < -0.4 is 0 Å². The van der Waals surface area contributed by atoms with E-state index in [4.69, 9.17) is 0 Å². The molecule has 0 heterocycles. The largest absolute Gasteiger partial charge is 0.300 e. The van der Waals surface area contributed by atoms with Crippen molar-refractivity contribution in [2.75, 3.05) is 0 Å². The summed E-state index contributed by atoms with van der Waals surface area (Å²) in [4.78, 5) is 22.1. The highest BCUT2D eigenvalue weighted by Crippen LogP contribution is 2.47. The predicted molar refractivity (Wildman–Crippen MR) is 42.2 cm³/mol. The summed E-state index contributed by atoms with van der Waals surface area (Å²) < 4.78 is 0. The van der Waals surface area contributed by atoms with Gasteiger partial charge in [-0.1, -0.05) is 6.92 Å². The molecule has 1 saturated carbocycles. The van der Waals surface area contributed by atoms with E-state index in [1.54, 1.807) is 13.8 Å². The Morgan fingerprint density at radius 2 is 1.91 bits per heavy atom. The molecule has 62 valence electrons. The number of rotatable bonds is 2. The lowest BCUT2D eigenvalue weighted by molar-refractivity contribution is -0.145. The Bertz CT molecular complexity index is 208. The minimum absolute atomic E-state index is 0. The molecule has 0 unspecified atom stereocenters. The summed E-state index contributed by atoms with van der Waals surface area (Å²) in [6.07, 6.45) is 1.78. The number of hydrogen-bond acceptors (Lipinski definition) is 2. The maximum atomic E-state index is 11.1. The van der Waals surface area contributed by atoms with Crippen LogP contribution in [0.15, 0.2) is 0 Å². The second-order valence-electron chi connectivity index (χ2n) is 3.68. The third kappa shape index (κ3) is 1.10. The molecule has 1 aliphatic carbocycles. The second-order valence-corrected chi connectivity index (χ2v) is 3.68. The molecule has 0 aromatic rings. The highest BCUT2D eigenvalue weighted by Gasteiger charge is 2.48. The van der Waals surface area contributed by atoms with E-state index in [0.717, 1.165) is 12.8 Å². The number of hydrogen-bond donors (Lipinski definition) is 0. The molecule has 0 amide bonds. The summed E-state index contributed by atoms with van der Waals surface area (Å²) in [6, 6.07) is 0. The van der Waals surface area contributed by atoms with Gasteiger partial charge in [-0.3, -0.25) is 9.59 Å². The third-order valence-electron chi connectivity index (χ3n) is 3.02. The van der Waals surface area contributed by atoms with Gasteiger partial charge in [0.05, 0.1) is 0 Å². The summed E-state index contributed by atoms with van der Waals surface area (Å²) in [5, 5.41) is 0. The van der Waals surface area contributed by atoms with Crippen LogP contribution in [0.2, 0.25) is 0 Å². The molecule has 1 rings (SSSR count). The van der Waals surface area contributed by atoms with Gasteiger partial charge in [-0.2, -0.15) is 0 Å². The van der Waals surface area contributed by atoms with Gasteiger partial charge in [0, 0.05) is 11.3 Å². The molecule has 0 saturated heterocycles. The fourth-order valence-electron chi connectivity index (χ4n) is 1.79. The molecule has 1 aliphatic rings. The average molecular weight is 154 g/mol. The van der Waals surface area contributed by atoms with Crippen LogP contribution in [0.5, 0.6) is 0 Å². The van der Waals surface area contributed by atoms with Crippen LogP contribution in [0.3, 0.4) is 0 Å². The first-order valence-electron chi connectivity index (χ1n) is 4.00. The van der Waals surface area contributed by atoms with Crippen LogP contribution in [-0.2, 0) is 9.59 Å². The first kappa shape index (κ1) is 8.44. The lowest BCUT2D eigenvalue weighted by Crippen LogP contribution is -2.46. The Morgan fingerprint density at radius 1 is 1.36 bits per heavy atom. The zero-order valence-corrected chi connectivity index (χ0v) is 7.31. The number of carbonyl (C=O) groups is 2. The van der Waals surface area contributed by atoms with E-state index in [9.17, 15) is 9.59 Å². The van der Waals surface area contributed by atoms with Crippen LogP contribution >= 0.6 is 0 Å². The molecule has 0 radical (unpaired) electrons. The molecule has 2 nitrogen and oxygen atoms in total. The highest BCUT2D eigenvalue weighted by molar-refractivity contribution is 5.91. The van der Waals surface area contributed by atoms with Crippen LogP contribution in [-0.4, -0.2) is 11.6 Å². The van der Waals surface area contributed by atoms with Gasteiger partial charge in [-0.05, 0) is 26.7 Å². The molecular formula is C9H14O2. The molecule has 0 aromatic heterocycles. The van der Waals surface area contributed by atoms with E-state index in [0.29, 0.717) is 0 Å². The molecule has 0 aromatic carbocycles. The monoisotopic (exact) mass is 154 g/mol. The Kier molecular flexibility index (Phi) is 1.87. The SMILES string of the molecule is CC(=O)[C@@H]1CC[C@@]1(C)C(C)=O. The molecule has 0 aliphatic heterocycles. The van der Waals surface area contributed by atoms with Gasteiger partial charge in [0.15, 0.2) is 0 Å². The smallest absolute Gasteiger partial charge is 0.136 e. The van der Waals surface area contributed by atoms with Gasteiger partial charge in [0.1, 0.15) is 11.6 Å². The van der Waals surface area contributed by atoms with Gasteiger partial charge in [0.2, 0.25) is 0 Å². The van der Waals surface area contributed by atoms with E-state index >= 15 is 0 Å². The zero-order chi connectivity index (χ0) is 8.65. The van der Waals surface area contributed by atoms with Crippen LogP contribution in [0.25, 0.3) is 0 Å². The Hall–Kier alpha value is -0.660. The quantitative estimate of drug-likeness (QED) is 0.605. The molecule has 1 fully saturated rings. The average Bonchev–Trinajstić information content (AvgIpc) is 1.82. The van der Waals surface area contributed by atoms with Gasteiger partial charge in [0.25, 0.3) is 0 Å². The van der Waals surface area contributed by atoms with Gasteiger partial charge in [-0.15, -0.1) is 0 Å². The van der Waals surface area contributed by atoms with Crippen molar-refractivity contribution in [1.82, 2.24) is 0 Å². The minimum atomic E-state index is -0.328. The summed E-state index contributed by atoms with van der Waals surface area (Å²) in [5.74, 6) is 0.318. The van der Waals surface area contributed by atoms with Crippen molar-refractivity contribution in [1.29, 1.82) is 0 Å². The summed E-state index contributed by atoms with van der Waals surface area (Å²) >= 11 is 0. The standard InChI is InChI=1S/C9H14O2/c1-6(10)8-4-5-9(8,3)7(2)11/h8H,4-5H2,1-3H3/t8-,9-/m0/s1. The van der Waals surface area contributed by atoms with Crippen LogP contribution in [0.4, 0.5) is 0 Å². The van der Waals surface area contributed by atoms with E-state index in [1.807, 2.05) is 6.92 Å². The third-order valence-corrected chi connectivity index (χ3v) is 3.02. The normalized spacial score (nSPS) is 36.1. The lowest BCUT2D eigenvalue weighted by atomic mass is 9.58. The maximum Gasteiger partial charge on any atom is 0.136 e. The van der Waals surface area contributed by atoms with Crippen molar-refractivity contribution in [3.63, 3.8) is 0 Å². The van der Waals surface area contributed by atoms with E-state index in [-0.39, 0.29) is 22.9 Å². The first-order chi connectivity index (χ1) is 4.98. The highest BCUT2D eigenvalue weighted by atomic mass is 16.1. The molecule has 0 bridgehead atoms. The predicted octanol–water partition coefficient (Wildman–Crippen LogP) is 1.58. The second kappa shape index (κ2) is 2.43. The fraction of sp³-hybridized carbons (Fsp3) is 0.778. The molecule has 2 atom stereocenters. The number of ketones is 2. The summed E-state index contributed by atoms with van der Waals surface area (Å²) in [7, 11) is 0. The summed E-state index contributed by atoms with van der Waals surface area (Å²) in [5.41, 5.74) is -0.328. The Morgan fingerprint density at radius 3 is 2.00 bits per heavy atom. The lowest BCUT2D eigenvalue weighted by Gasteiger charge is -2.43. The summed E-state index contributed by atoms with van der Waals surface area (Å²) in [6.45, 7) is 5.05. The van der Waals surface area contributed by atoms with E-state index < -0.39 is 0 Å². The zero-order valence-electron chi connectivity index (χ0n) is 7.31. The fourth-order valence-corrected chi connectivity index (χ4v) is 1.79. The topological polar surface area (TPSA) is 34.1 Å². The molecule has 0 N–H and O–H groups in total. The van der Waals surface area contributed by atoms with E-state index in [2.05, 4.69) is 0 Å². The molecule has 11 heavy (non-hydrogen) atoms. The molecule has 0 spiro atoms. The Balaban J connectivity index is 2.75. The van der Waals surface area contributed by atoms with Crippen molar-refractivity contribution in [3.8, 4) is 0 Å². The minimum Gasteiger partial charge on any atom is -0.300 e. The van der Waals surface area contributed by atoms with Crippen molar-refractivity contribution in [3.05, 3.63) is 0 Å². The maximum absolute atomic E-state index is 11.1. The first-order valence-corrected chi connectivity index (χ1v) is 4.00. The van der Waals surface area contributed by atoms with Crippen LogP contribution in [0, 0.1) is 11.3 Å². The van der Waals surface area contributed by atoms with Gasteiger partial charge < -0.3 is 0 Å². The van der Waals surface area contributed by atoms with E-state index in [1.165, 1.54) is 0 Å². The van der Waals surface area contributed by atoms with Crippen molar-refractivity contribution < 1.29 is 9.59 Å². The van der Waals surface area contributed by atoms with Gasteiger partial charge >= 0.3 is 0 Å². The molecular weight excluding hydrogens is 140 g/mol.